The van der Waals surface area contributed by atoms with Gasteiger partial charge >= 0.3 is 0 Å². The minimum atomic E-state index is -0.890. The summed E-state index contributed by atoms with van der Waals surface area (Å²) in [7, 11) is 0. The quantitative estimate of drug-likeness (QED) is 0.742. The minimum absolute atomic E-state index is 0.0286. The third-order valence-corrected chi connectivity index (χ3v) is 7.70. The number of likely N-dealkylation sites (tertiary alicyclic amines) is 1. The van der Waals surface area contributed by atoms with Gasteiger partial charge in [-0.3, -0.25) is 19.2 Å². The summed E-state index contributed by atoms with van der Waals surface area (Å²) >= 11 is 0. The molecule has 4 amide bonds. The van der Waals surface area contributed by atoms with E-state index in [2.05, 4.69) is 5.32 Å². The number of rotatable bonds is 3. The standard InChI is InChI=1S/C23H28N4O4/c24-20(29)17-9-7-15-6-8-16(14-4-2-1-3-5-14)19(21(30)27(15)17)26-13-12-23(22(26)31)11-10-18(28)25-23/h1-5,15-17,19H,6-13H2,(H2,24,29)(H,25,28)/t15-,16-,17-,19-,23+/m0/s1. The molecule has 4 aliphatic heterocycles. The molecular formula is C23H28N4O4. The van der Waals surface area contributed by atoms with Gasteiger partial charge in [0, 0.05) is 24.9 Å². The second-order valence-electron chi connectivity index (χ2n) is 9.31. The van der Waals surface area contributed by atoms with Crippen LogP contribution in [0.3, 0.4) is 0 Å². The lowest BCUT2D eigenvalue weighted by molar-refractivity contribution is -0.149. The van der Waals surface area contributed by atoms with E-state index in [-0.39, 0.29) is 29.7 Å². The van der Waals surface area contributed by atoms with Gasteiger partial charge < -0.3 is 20.9 Å². The van der Waals surface area contributed by atoms with Gasteiger partial charge in [0.15, 0.2) is 0 Å². The Morgan fingerprint density at radius 1 is 1.03 bits per heavy atom. The fraction of sp³-hybridized carbons (Fsp3) is 0.565. The Balaban J connectivity index is 1.54. The number of hydrogen-bond acceptors (Lipinski definition) is 4. The molecule has 0 aromatic heterocycles. The first-order chi connectivity index (χ1) is 14.9. The van der Waals surface area contributed by atoms with E-state index >= 15 is 0 Å². The third-order valence-electron chi connectivity index (χ3n) is 7.70. The number of carbonyl (C=O) groups is 4. The van der Waals surface area contributed by atoms with Crippen molar-refractivity contribution in [3.63, 3.8) is 0 Å². The fourth-order valence-electron chi connectivity index (χ4n) is 6.16. The van der Waals surface area contributed by atoms with Crippen molar-refractivity contribution in [3.05, 3.63) is 35.9 Å². The van der Waals surface area contributed by atoms with Crippen molar-refractivity contribution < 1.29 is 19.2 Å². The van der Waals surface area contributed by atoms with Gasteiger partial charge in [0.1, 0.15) is 17.6 Å². The zero-order valence-corrected chi connectivity index (χ0v) is 17.5. The van der Waals surface area contributed by atoms with Gasteiger partial charge in [0.05, 0.1) is 0 Å². The Morgan fingerprint density at radius 2 is 1.77 bits per heavy atom. The van der Waals surface area contributed by atoms with E-state index in [9.17, 15) is 19.2 Å². The summed E-state index contributed by atoms with van der Waals surface area (Å²) in [5, 5.41) is 2.88. The number of amides is 4. The van der Waals surface area contributed by atoms with Crippen LogP contribution in [0.4, 0.5) is 0 Å². The van der Waals surface area contributed by atoms with Gasteiger partial charge in [-0.15, -0.1) is 0 Å². The number of benzene rings is 1. The van der Waals surface area contributed by atoms with Crippen LogP contribution in [0.15, 0.2) is 30.3 Å². The molecule has 5 atom stereocenters. The first-order valence-corrected chi connectivity index (χ1v) is 11.2. The number of nitrogens with zero attached hydrogens (tertiary/aromatic N) is 2. The number of fused-ring (bicyclic) bond motifs is 1. The highest BCUT2D eigenvalue weighted by Crippen LogP contribution is 2.42. The topological polar surface area (TPSA) is 113 Å². The molecular weight excluding hydrogens is 396 g/mol. The largest absolute Gasteiger partial charge is 0.368 e. The summed E-state index contributed by atoms with van der Waals surface area (Å²) in [5.41, 5.74) is 5.76. The van der Waals surface area contributed by atoms with Gasteiger partial charge in [0.2, 0.25) is 23.6 Å². The number of primary amides is 1. The first kappa shape index (κ1) is 20.0. The summed E-state index contributed by atoms with van der Waals surface area (Å²) in [4.78, 5) is 54.9. The summed E-state index contributed by atoms with van der Waals surface area (Å²) in [6, 6.07) is 8.48. The monoisotopic (exact) mass is 424 g/mol. The van der Waals surface area contributed by atoms with Crippen LogP contribution < -0.4 is 11.1 Å². The maximum atomic E-state index is 14.0. The predicted molar refractivity (Wildman–Crippen MR) is 111 cm³/mol. The van der Waals surface area contributed by atoms with E-state index in [1.54, 1.807) is 9.80 Å². The molecule has 3 N–H and O–H groups in total. The molecule has 1 aromatic rings. The fourth-order valence-corrected chi connectivity index (χ4v) is 6.16. The maximum Gasteiger partial charge on any atom is 0.249 e. The average Bonchev–Trinajstić information content (AvgIpc) is 3.42. The highest BCUT2D eigenvalue weighted by Gasteiger charge is 2.56. The molecule has 0 saturated carbocycles. The van der Waals surface area contributed by atoms with Crippen molar-refractivity contribution in [2.24, 2.45) is 5.73 Å². The van der Waals surface area contributed by atoms with Gasteiger partial charge in [-0.25, -0.2) is 0 Å². The van der Waals surface area contributed by atoms with Gasteiger partial charge in [-0.2, -0.15) is 0 Å². The summed E-state index contributed by atoms with van der Waals surface area (Å²) in [6.45, 7) is 0.415. The third kappa shape index (κ3) is 3.11. The van der Waals surface area contributed by atoms with Crippen LogP contribution in [-0.2, 0) is 19.2 Å². The Morgan fingerprint density at radius 3 is 2.45 bits per heavy atom. The Labute approximate surface area is 181 Å². The second kappa shape index (κ2) is 7.35. The van der Waals surface area contributed by atoms with Crippen LogP contribution in [-0.4, -0.2) is 63.6 Å². The summed E-state index contributed by atoms with van der Waals surface area (Å²) in [5.74, 6) is -1.13. The van der Waals surface area contributed by atoms with E-state index in [4.69, 9.17) is 5.73 Å². The lowest BCUT2D eigenvalue weighted by Gasteiger charge is -2.37. The Bertz CT molecular complexity index is 935. The van der Waals surface area contributed by atoms with Crippen molar-refractivity contribution >= 4 is 23.6 Å². The van der Waals surface area contributed by atoms with Crippen molar-refractivity contribution in [2.75, 3.05) is 6.54 Å². The minimum Gasteiger partial charge on any atom is -0.368 e. The zero-order valence-electron chi connectivity index (χ0n) is 17.5. The van der Waals surface area contributed by atoms with E-state index < -0.39 is 23.5 Å². The van der Waals surface area contributed by atoms with Crippen LogP contribution in [0.5, 0.6) is 0 Å². The molecule has 1 aromatic carbocycles. The molecule has 4 fully saturated rings. The lowest BCUT2D eigenvalue weighted by Crippen LogP contribution is -2.58. The van der Waals surface area contributed by atoms with Crippen LogP contribution in [0.25, 0.3) is 0 Å². The van der Waals surface area contributed by atoms with Crippen molar-refractivity contribution in [1.29, 1.82) is 0 Å². The van der Waals surface area contributed by atoms with Gasteiger partial charge in [-0.05, 0) is 44.1 Å². The number of hydrogen-bond donors (Lipinski definition) is 2. The first-order valence-electron chi connectivity index (χ1n) is 11.2. The van der Waals surface area contributed by atoms with Crippen LogP contribution in [0.2, 0.25) is 0 Å². The van der Waals surface area contributed by atoms with Crippen LogP contribution >= 0.6 is 0 Å². The van der Waals surface area contributed by atoms with E-state index in [0.29, 0.717) is 32.2 Å². The van der Waals surface area contributed by atoms with Gasteiger partial charge in [-0.1, -0.05) is 30.3 Å². The molecule has 8 heteroatoms. The Kier molecular flexibility index (Phi) is 4.75. The molecule has 0 aliphatic carbocycles. The zero-order chi connectivity index (χ0) is 21.8. The average molecular weight is 425 g/mol. The molecule has 0 unspecified atom stereocenters. The molecule has 1 spiro atoms. The molecule has 8 nitrogen and oxygen atoms in total. The molecule has 0 radical (unpaired) electrons. The van der Waals surface area contributed by atoms with E-state index in [0.717, 1.165) is 24.8 Å². The highest BCUT2D eigenvalue weighted by atomic mass is 16.2. The number of carbonyl (C=O) groups excluding carboxylic acids is 4. The van der Waals surface area contributed by atoms with Gasteiger partial charge in [0.25, 0.3) is 0 Å². The smallest absolute Gasteiger partial charge is 0.249 e. The molecule has 0 bridgehead atoms. The maximum absolute atomic E-state index is 14.0. The van der Waals surface area contributed by atoms with Crippen molar-refractivity contribution in [3.8, 4) is 0 Å². The van der Waals surface area contributed by atoms with E-state index in [1.807, 2.05) is 30.3 Å². The van der Waals surface area contributed by atoms with Crippen LogP contribution in [0, 0.1) is 0 Å². The molecule has 164 valence electrons. The Hall–Kier alpha value is -2.90. The number of nitrogens with one attached hydrogen (secondary N) is 1. The molecule has 5 rings (SSSR count). The molecule has 4 saturated heterocycles. The van der Waals surface area contributed by atoms with E-state index in [1.165, 1.54) is 0 Å². The molecule has 4 heterocycles. The summed E-state index contributed by atoms with van der Waals surface area (Å²) in [6.07, 6.45) is 4.15. The highest BCUT2D eigenvalue weighted by molar-refractivity contribution is 6.00. The van der Waals surface area contributed by atoms with Crippen molar-refractivity contribution in [1.82, 2.24) is 15.1 Å². The number of nitrogens with two attached hydrogens (primary N) is 1. The summed E-state index contributed by atoms with van der Waals surface area (Å²) < 4.78 is 0. The lowest BCUT2D eigenvalue weighted by atomic mass is 9.86. The van der Waals surface area contributed by atoms with Crippen LogP contribution in [0.1, 0.15) is 56.4 Å². The molecule has 4 aliphatic rings. The normalized spacial score (nSPS) is 35.4. The van der Waals surface area contributed by atoms with Crippen molar-refractivity contribution in [2.45, 2.75) is 74.5 Å². The predicted octanol–water partition coefficient (Wildman–Crippen LogP) is 0.659. The second-order valence-corrected chi connectivity index (χ2v) is 9.31. The SMILES string of the molecule is NC(=O)[C@@H]1CC[C@@H]2CC[C@@H](c3ccccc3)[C@H](N3CC[C@]4(CCC(=O)N4)C3=O)C(=O)N21. The molecule has 31 heavy (non-hydrogen) atoms.